The Balaban J connectivity index is 1.37. The minimum Gasteiger partial charge on any atom is -0.495 e. The summed E-state index contributed by atoms with van der Waals surface area (Å²) in [5, 5.41) is 8.36. The Hall–Kier alpha value is -1.94. The first-order valence-electron chi connectivity index (χ1n) is 9.37. The Kier molecular flexibility index (Phi) is 7.65. The van der Waals surface area contributed by atoms with E-state index in [1.54, 1.807) is 34.8 Å². The van der Waals surface area contributed by atoms with Crippen LogP contribution >= 0.6 is 22.7 Å². The lowest BCUT2D eigenvalue weighted by atomic mass is 10.2. The molecule has 0 saturated carbocycles. The van der Waals surface area contributed by atoms with Crippen LogP contribution in [0.4, 0.5) is 5.13 Å². The molecule has 1 aromatic carbocycles. The number of ether oxygens (including phenoxy) is 1. The Morgan fingerprint density at radius 3 is 2.69 bits per heavy atom. The molecule has 0 radical (unpaired) electrons. The molecule has 0 atom stereocenters. The zero-order valence-corrected chi connectivity index (χ0v) is 18.9. The highest BCUT2D eigenvalue weighted by molar-refractivity contribution is 7.89. The maximum Gasteiger partial charge on any atom is 0.244 e. The zero-order chi connectivity index (χ0) is 20.7. The lowest BCUT2D eigenvalue weighted by Gasteiger charge is -2.11. The maximum atomic E-state index is 12.5. The Morgan fingerprint density at radius 1 is 1.10 bits per heavy atom. The minimum atomic E-state index is -3.58. The first kappa shape index (κ1) is 21.8. The number of methoxy groups -OCH3 is 1. The molecule has 0 unspecified atom stereocenters. The van der Waals surface area contributed by atoms with Gasteiger partial charge in [-0.15, -0.1) is 22.7 Å². The second-order valence-electron chi connectivity index (χ2n) is 6.55. The molecule has 0 spiro atoms. The molecule has 0 aliphatic rings. The van der Waals surface area contributed by atoms with Crippen molar-refractivity contribution in [2.24, 2.45) is 0 Å². The lowest BCUT2D eigenvalue weighted by Crippen LogP contribution is -2.25. The molecule has 29 heavy (non-hydrogen) atoms. The highest BCUT2D eigenvalue weighted by Crippen LogP contribution is 2.28. The Labute approximate surface area is 180 Å². The number of hydrogen-bond donors (Lipinski definition) is 2. The third-order valence-electron chi connectivity index (χ3n) is 4.31. The molecule has 3 aromatic rings. The molecule has 0 fully saturated rings. The molecule has 0 saturated heterocycles. The molecule has 0 aliphatic carbocycles. The number of unbranched alkanes of at least 4 members (excludes halogenated alkanes) is 2. The van der Waals surface area contributed by atoms with Crippen molar-refractivity contribution >= 4 is 37.8 Å². The van der Waals surface area contributed by atoms with Crippen LogP contribution in [0.3, 0.4) is 0 Å². The van der Waals surface area contributed by atoms with E-state index in [9.17, 15) is 8.42 Å². The summed E-state index contributed by atoms with van der Waals surface area (Å²) in [4.78, 5) is 5.95. The first-order chi connectivity index (χ1) is 14.0. The van der Waals surface area contributed by atoms with Crippen LogP contribution in [-0.4, -0.2) is 33.6 Å². The number of thiophene rings is 1. The summed E-state index contributed by atoms with van der Waals surface area (Å²) in [5.74, 6) is 0.359. The average molecular weight is 452 g/mol. The summed E-state index contributed by atoms with van der Waals surface area (Å²) in [6.07, 6.45) is 2.64. The van der Waals surface area contributed by atoms with E-state index >= 15 is 0 Å². The number of aromatic nitrogens is 1. The number of benzene rings is 1. The molecule has 0 bridgehead atoms. The molecule has 156 valence electrons. The number of hydrogen-bond acceptors (Lipinski definition) is 7. The zero-order valence-electron chi connectivity index (χ0n) is 16.5. The SMILES string of the molecule is COc1ccc(C)cc1S(=O)(=O)NCCCCCNc1nc(-c2cccs2)cs1. The van der Waals surface area contributed by atoms with Gasteiger partial charge >= 0.3 is 0 Å². The van der Waals surface area contributed by atoms with Gasteiger partial charge in [-0.1, -0.05) is 18.6 Å². The standard InChI is InChI=1S/C20H25N3O3S3/c1-15-8-9-17(26-2)19(13-15)29(24,25)22-11-5-3-4-10-21-20-23-16(14-28-20)18-7-6-12-27-18/h6-9,12-14,22H,3-5,10-11H2,1-2H3,(H,21,23). The van der Waals surface area contributed by atoms with Crippen molar-refractivity contribution < 1.29 is 13.2 Å². The number of rotatable bonds is 11. The number of sulfonamides is 1. The highest BCUT2D eigenvalue weighted by Gasteiger charge is 2.18. The average Bonchev–Trinajstić information content (AvgIpc) is 3.39. The Morgan fingerprint density at radius 2 is 1.93 bits per heavy atom. The van der Waals surface area contributed by atoms with E-state index in [2.05, 4.69) is 26.5 Å². The van der Waals surface area contributed by atoms with Crippen LogP contribution in [0, 0.1) is 6.92 Å². The van der Waals surface area contributed by atoms with E-state index < -0.39 is 10.0 Å². The van der Waals surface area contributed by atoms with Crippen LogP contribution in [-0.2, 0) is 10.0 Å². The van der Waals surface area contributed by atoms with E-state index in [0.29, 0.717) is 12.3 Å². The summed E-state index contributed by atoms with van der Waals surface area (Å²) < 4.78 is 32.9. The molecule has 3 rings (SSSR count). The van der Waals surface area contributed by atoms with Crippen molar-refractivity contribution in [2.75, 3.05) is 25.5 Å². The summed E-state index contributed by atoms with van der Waals surface area (Å²) in [6.45, 7) is 3.08. The number of nitrogens with zero attached hydrogens (tertiary/aromatic N) is 1. The monoisotopic (exact) mass is 451 g/mol. The number of nitrogens with one attached hydrogen (secondary N) is 2. The fourth-order valence-corrected chi connectivity index (χ4v) is 5.62. The normalized spacial score (nSPS) is 11.5. The largest absolute Gasteiger partial charge is 0.495 e. The van der Waals surface area contributed by atoms with Crippen LogP contribution in [0.25, 0.3) is 10.6 Å². The predicted octanol–water partition coefficient (Wildman–Crippen LogP) is 4.75. The molecule has 9 heteroatoms. The molecule has 2 heterocycles. The minimum absolute atomic E-state index is 0.187. The van der Waals surface area contributed by atoms with E-state index in [4.69, 9.17) is 4.74 Å². The molecule has 2 aromatic heterocycles. The van der Waals surface area contributed by atoms with Crippen molar-refractivity contribution in [2.45, 2.75) is 31.1 Å². The van der Waals surface area contributed by atoms with Crippen molar-refractivity contribution in [3.8, 4) is 16.3 Å². The van der Waals surface area contributed by atoms with Gasteiger partial charge in [-0.25, -0.2) is 18.1 Å². The quantitative estimate of drug-likeness (QED) is 0.411. The van der Waals surface area contributed by atoms with Gasteiger partial charge in [-0.2, -0.15) is 0 Å². The summed E-state index contributed by atoms with van der Waals surface area (Å²) in [5.41, 5.74) is 1.88. The van der Waals surface area contributed by atoms with Crippen molar-refractivity contribution in [1.82, 2.24) is 9.71 Å². The van der Waals surface area contributed by atoms with E-state index in [0.717, 1.165) is 42.2 Å². The van der Waals surface area contributed by atoms with Gasteiger partial charge in [-0.05, 0) is 48.9 Å². The van der Waals surface area contributed by atoms with Crippen LogP contribution < -0.4 is 14.8 Å². The number of thiazole rings is 1. The molecule has 0 aliphatic heterocycles. The molecular formula is C20H25N3O3S3. The second kappa shape index (κ2) is 10.2. The van der Waals surface area contributed by atoms with E-state index in [1.807, 2.05) is 24.4 Å². The van der Waals surface area contributed by atoms with Gasteiger partial charge in [-0.3, -0.25) is 0 Å². The third kappa shape index (κ3) is 6.02. The molecule has 6 nitrogen and oxygen atoms in total. The van der Waals surface area contributed by atoms with Gasteiger partial charge in [0.15, 0.2) is 5.13 Å². The highest BCUT2D eigenvalue weighted by atomic mass is 32.2. The lowest BCUT2D eigenvalue weighted by molar-refractivity contribution is 0.402. The van der Waals surface area contributed by atoms with Gasteiger partial charge in [0.05, 0.1) is 17.7 Å². The Bertz CT molecular complexity index is 1010. The van der Waals surface area contributed by atoms with Crippen LogP contribution in [0.2, 0.25) is 0 Å². The topological polar surface area (TPSA) is 80.3 Å². The van der Waals surface area contributed by atoms with Crippen LogP contribution in [0.15, 0.2) is 46.0 Å². The molecule has 0 amide bonds. The van der Waals surface area contributed by atoms with E-state index in [-0.39, 0.29) is 4.90 Å². The predicted molar refractivity (Wildman–Crippen MR) is 121 cm³/mol. The van der Waals surface area contributed by atoms with Crippen molar-refractivity contribution in [3.05, 3.63) is 46.7 Å². The second-order valence-corrected chi connectivity index (χ2v) is 10.1. The first-order valence-corrected chi connectivity index (χ1v) is 12.6. The number of aryl methyl sites for hydroxylation is 1. The van der Waals surface area contributed by atoms with E-state index in [1.165, 1.54) is 12.0 Å². The van der Waals surface area contributed by atoms with Crippen LogP contribution in [0.1, 0.15) is 24.8 Å². The van der Waals surface area contributed by atoms with Gasteiger partial charge in [0.2, 0.25) is 10.0 Å². The van der Waals surface area contributed by atoms with Gasteiger partial charge < -0.3 is 10.1 Å². The maximum absolute atomic E-state index is 12.5. The van der Waals surface area contributed by atoms with Gasteiger partial charge in [0, 0.05) is 18.5 Å². The van der Waals surface area contributed by atoms with Gasteiger partial charge in [0.1, 0.15) is 10.6 Å². The summed E-state index contributed by atoms with van der Waals surface area (Å²) >= 11 is 3.29. The summed E-state index contributed by atoms with van der Waals surface area (Å²) in [6, 6.07) is 9.23. The summed E-state index contributed by atoms with van der Waals surface area (Å²) in [7, 11) is -2.10. The van der Waals surface area contributed by atoms with Gasteiger partial charge in [0.25, 0.3) is 0 Å². The van der Waals surface area contributed by atoms with Crippen molar-refractivity contribution in [1.29, 1.82) is 0 Å². The third-order valence-corrected chi connectivity index (χ3v) is 7.48. The fourth-order valence-electron chi connectivity index (χ4n) is 2.79. The molecular weight excluding hydrogens is 426 g/mol. The molecule has 2 N–H and O–H groups in total. The number of anilines is 1. The van der Waals surface area contributed by atoms with Crippen molar-refractivity contribution in [3.63, 3.8) is 0 Å². The smallest absolute Gasteiger partial charge is 0.244 e. The van der Waals surface area contributed by atoms with Crippen LogP contribution in [0.5, 0.6) is 5.75 Å². The fraction of sp³-hybridized carbons (Fsp3) is 0.350.